The van der Waals surface area contributed by atoms with Gasteiger partial charge in [0.1, 0.15) is 12.1 Å². The summed E-state index contributed by atoms with van der Waals surface area (Å²) in [4.78, 5) is 24.8. The largest absolute Gasteiger partial charge is 0.480 e. The van der Waals surface area contributed by atoms with Gasteiger partial charge in [-0.3, -0.25) is 4.79 Å². The molecule has 1 aromatic rings. The van der Waals surface area contributed by atoms with Gasteiger partial charge in [-0.15, -0.1) is 0 Å². The number of rotatable bonds is 3. The Morgan fingerprint density at radius 3 is 2.67 bits per heavy atom. The normalized spacial score (nSPS) is 25.4. The quantitative estimate of drug-likeness (QED) is 0.882. The number of nitrogens with two attached hydrogens (primary N) is 1. The molecule has 114 valence electrons. The Morgan fingerprint density at radius 1 is 1.43 bits per heavy atom. The molecule has 0 aromatic heterocycles. The van der Waals surface area contributed by atoms with Crippen molar-refractivity contribution >= 4 is 12.1 Å². The van der Waals surface area contributed by atoms with Gasteiger partial charge >= 0.3 is 12.1 Å². The molecule has 3 N–H and O–H groups in total. The van der Waals surface area contributed by atoms with Crippen LogP contribution in [0.25, 0.3) is 0 Å². The Balaban J connectivity index is 1.91. The summed E-state index contributed by atoms with van der Waals surface area (Å²) in [6.07, 6.45) is 0.0226. The van der Waals surface area contributed by atoms with Gasteiger partial charge < -0.3 is 20.5 Å². The van der Waals surface area contributed by atoms with E-state index in [9.17, 15) is 9.59 Å². The van der Waals surface area contributed by atoms with Crippen molar-refractivity contribution in [3.05, 3.63) is 35.9 Å². The maximum Gasteiger partial charge on any atom is 0.410 e. The van der Waals surface area contributed by atoms with Crippen LogP contribution in [-0.2, 0) is 16.1 Å². The molecule has 6 nitrogen and oxygen atoms in total. The van der Waals surface area contributed by atoms with Crippen LogP contribution < -0.4 is 5.73 Å². The third-order valence-electron chi connectivity index (χ3n) is 3.86. The number of amides is 1. The maximum atomic E-state index is 12.1. The Bertz CT molecular complexity index is 520. The highest BCUT2D eigenvalue weighted by atomic mass is 16.6. The van der Waals surface area contributed by atoms with Crippen LogP contribution in [0, 0.1) is 0 Å². The molecule has 1 saturated heterocycles. The summed E-state index contributed by atoms with van der Waals surface area (Å²) >= 11 is 0. The fraction of sp³-hybridized carbons (Fsp3) is 0.467. The predicted molar refractivity (Wildman–Crippen MR) is 76.6 cm³/mol. The smallest absolute Gasteiger partial charge is 0.410 e. The number of carbonyl (C=O) groups is 2. The van der Waals surface area contributed by atoms with Gasteiger partial charge in [-0.25, -0.2) is 4.79 Å². The number of nitrogens with zero attached hydrogens (tertiary/aromatic N) is 1. The Hall–Kier alpha value is -2.08. The fourth-order valence-electron chi connectivity index (χ4n) is 2.55. The molecule has 0 radical (unpaired) electrons. The summed E-state index contributed by atoms with van der Waals surface area (Å²) in [5, 5.41) is 9.13. The third kappa shape index (κ3) is 3.52. The van der Waals surface area contributed by atoms with Gasteiger partial charge in [0.25, 0.3) is 0 Å². The number of carboxylic acids is 1. The first-order valence-corrected chi connectivity index (χ1v) is 6.92. The predicted octanol–water partition coefficient (Wildman–Crippen LogP) is 1.59. The van der Waals surface area contributed by atoms with E-state index in [0.717, 1.165) is 5.56 Å². The molecule has 0 unspecified atom stereocenters. The number of benzene rings is 1. The number of piperidine rings is 1. The van der Waals surface area contributed by atoms with Gasteiger partial charge in [-0.2, -0.15) is 0 Å². The van der Waals surface area contributed by atoms with Crippen molar-refractivity contribution in [2.24, 2.45) is 5.73 Å². The van der Waals surface area contributed by atoms with E-state index < -0.39 is 17.6 Å². The number of aliphatic carboxylic acids is 1. The molecule has 2 rings (SSSR count). The zero-order valence-corrected chi connectivity index (χ0v) is 12.0. The first-order chi connectivity index (χ1) is 9.92. The number of ether oxygens (including phenoxy) is 1. The fourth-order valence-corrected chi connectivity index (χ4v) is 2.55. The van der Waals surface area contributed by atoms with Crippen LogP contribution >= 0.6 is 0 Å². The van der Waals surface area contributed by atoms with E-state index in [1.807, 2.05) is 30.3 Å². The molecular formula is C15H20N2O4. The minimum atomic E-state index is -1.25. The monoisotopic (exact) mass is 292 g/mol. The number of carbonyl (C=O) groups excluding carboxylic acids is 1. The second kappa shape index (κ2) is 6.13. The lowest BCUT2D eigenvalue weighted by molar-refractivity contribution is -0.145. The number of carboxylic acid groups (broad SMARTS) is 1. The number of likely N-dealkylation sites (tertiary alicyclic amines) is 1. The van der Waals surface area contributed by atoms with Crippen molar-refractivity contribution in [3.8, 4) is 0 Å². The summed E-state index contributed by atoms with van der Waals surface area (Å²) in [5.41, 5.74) is 5.50. The second-order valence-electron chi connectivity index (χ2n) is 5.50. The Morgan fingerprint density at radius 2 is 2.10 bits per heavy atom. The van der Waals surface area contributed by atoms with Gasteiger partial charge in [0.05, 0.1) is 0 Å². The highest BCUT2D eigenvalue weighted by Gasteiger charge is 2.42. The minimum absolute atomic E-state index is 0.204. The molecule has 0 bridgehead atoms. The van der Waals surface area contributed by atoms with Gasteiger partial charge in [-0.05, 0) is 25.3 Å². The standard InChI is InChI=1S/C15H20N2O4/c1-11-9-15(16,13(18)19)7-8-17(11)14(20)21-10-12-5-3-2-4-6-12/h2-6,11H,7-10,16H2,1H3,(H,18,19)/t11-,15+/m0/s1. The van der Waals surface area contributed by atoms with Crippen molar-refractivity contribution in [1.82, 2.24) is 4.90 Å². The topological polar surface area (TPSA) is 92.9 Å². The van der Waals surface area contributed by atoms with Crippen molar-refractivity contribution in [3.63, 3.8) is 0 Å². The van der Waals surface area contributed by atoms with Gasteiger partial charge in [0, 0.05) is 12.6 Å². The van der Waals surface area contributed by atoms with E-state index in [1.165, 1.54) is 4.90 Å². The van der Waals surface area contributed by atoms with Crippen LogP contribution in [0.15, 0.2) is 30.3 Å². The van der Waals surface area contributed by atoms with E-state index in [0.29, 0.717) is 0 Å². The first kappa shape index (κ1) is 15.3. The van der Waals surface area contributed by atoms with Crippen molar-refractivity contribution in [1.29, 1.82) is 0 Å². The summed E-state index contributed by atoms with van der Waals surface area (Å²) in [6, 6.07) is 9.14. The molecule has 0 spiro atoms. The molecule has 1 heterocycles. The highest BCUT2D eigenvalue weighted by Crippen LogP contribution is 2.25. The van der Waals surface area contributed by atoms with E-state index in [2.05, 4.69) is 0 Å². The van der Waals surface area contributed by atoms with Crippen molar-refractivity contribution in [2.75, 3.05) is 6.54 Å². The first-order valence-electron chi connectivity index (χ1n) is 6.92. The molecule has 1 amide bonds. The van der Waals surface area contributed by atoms with Crippen LogP contribution in [0.5, 0.6) is 0 Å². The maximum absolute atomic E-state index is 12.1. The van der Waals surface area contributed by atoms with Crippen LogP contribution in [-0.4, -0.2) is 40.2 Å². The van der Waals surface area contributed by atoms with E-state index >= 15 is 0 Å². The molecule has 1 aliphatic heterocycles. The lowest BCUT2D eigenvalue weighted by Crippen LogP contribution is -2.59. The Labute approximate surface area is 123 Å². The average molecular weight is 292 g/mol. The molecule has 1 aromatic carbocycles. The molecule has 1 aliphatic rings. The lowest BCUT2D eigenvalue weighted by atomic mass is 9.85. The highest BCUT2D eigenvalue weighted by molar-refractivity contribution is 5.79. The van der Waals surface area contributed by atoms with Crippen molar-refractivity contribution in [2.45, 2.75) is 38.0 Å². The zero-order valence-electron chi connectivity index (χ0n) is 12.0. The van der Waals surface area contributed by atoms with E-state index in [1.54, 1.807) is 6.92 Å². The van der Waals surface area contributed by atoms with Gasteiger partial charge in [-0.1, -0.05) is 30.3 Å². The minimum Gasteiger partial charge on any atom is -0.480 e. The number of hydrogen-bond acceptors (Lipinski definition) is 4. The van der Waals surface area contributed by atoms with Crippen LogP contribution in [0.4, 0.5) is 4.79 Å². The SMILES string of the molecule is C[C@H]1C[C@@](N)(C(=O)O)CCN1C(=O)OCc1ccccc1. The van der Waals surface area contributed by atoms with Crippen LogP contribution in [0.2, 0.25) is 0 Å². The van der Waals surface area contributed by atoms with Crippen LogP contribution in [0.3, 0.4) is 0 Å². The molecular weight excluding hydrogens is 272 g/mol. The molecule has 2 atom stereocenters. The Kier molecular flexibility index (Phi) is 4.47. The molecule has 1 fully saturated rings. The zero-order chi connectivity index (χ0) is 15.5. The third-order valence-corrected chi connectivity index (χ3v) is 3.86. The summed E-state index contributed by atoms with van der Waals surface area (Å²) in [5.74, 6) is -1.02. The van der Waals surface area contributed by atoms with Gasteiger partial charge in [0.15, 0.2) is 0 Å². The summed E-state index contributed by atoms with van der Waals surface area (Å²) in [6.45, 7) is 2.28. The molecule has 6 heteroatoms. The van der Waals surface area contributed by atoms with E-state index in [4.69, 9.17) is 15.6 Å². The van der Waals surface area contributed by atoms with Crippen molar-refractivity contribution < 1.29 is 19.4 Å². The average Bonchev–Trinajstić information content (AvgIpc) is 2.46. The van der Waals surface area contributed by atoms with E-state index in [-0.39, 0.29) is 32.0 Å². The summed E-state index contributed by atoms with van der Waals surface area (Å²) < 4.78 is 5.27. The number of hydrogen-bond donors (Lipinski definition) is 2. The second-order valence-corrected chi connectivity index (χ2v) is 5.50. The van der Waals surface area contributed by atoms with Crippen LogP contribution in [0.1, 0.15) is 25.3 Å². The molecule has 21 heavy (non-hydrogen) atoms. The molecule has 0 aliphatic carbocycles. The lowest BCUT2D eigenvalue weighted by Gasteiger charge is -2.40. The van der Waals surface area contributed by atoms with Gasteiger partial charge in [0.2, 0.25) is 0 Å². The summed E-state index contributed by atoms with van der Waals surface area (Å²) in [7, 11) is 0. The molecule has 0 saturated carbocycles.